The number of rotatable bonds is 7. The number of hydrogen-bond donors (Lipinski definition) is 2. The van der Waals surface area contributed by atoms with Gasteiger partial charge >= 0.3 is 0 Å². The molecule has 0 unspecified atom stereocenters. The first-order chi connectivity index (χ1) is 9.49. The van der Waals surface area contributed by atoms with E-state index in [2.05, 4.69) is 17.1 Å². The number of nitrogen functional groups attached to an aromatic ring is 1. The van der Waals surface area contributed by atoms with E-state index in [1.807, 2.05) is 6.92 Å². The van der Waals surface area contributed by atoms with Gasteiger partial charge in [-0.15, -0.1) is 0 Å². The van der Waals surface area contributed by atoms with E-state index in [4.69, 9.17) is 5.73 Å². The van der Waals surface area contributed by atoms with Crippen LogP contribution in [0.1, 0.15) is 30.6 Å². The largest absolute Gasteiger partial charge is 0.396 e. The first kappa shape index (κ1) is 16.4. The number of likely N-dealkylation sites (N-methyl/N-ethyl adjacent to an activating group) is 1. The molecule has 0 aromatic heterocycles. The topological polar surface area (TPSA) is 58.4 Å². The van der Waals surface area contributed by atoms with Crippen molar-refractivity contribution in [3.05, 3.63) is 29.3 Å². The monoisotopic (exact) mass is 285 g/mol. The van der Waals surface area contributed by atoms with Crippen LogP contribution in [0.25, 0.3) is 0 Å². The van der Waals surface area contributed by atoms with Crippen LogP contribution in [0.3, 0.4) is 0 Å². The van der Waals surface area contributed by atoms with Crippen LogP contribution in [0.15, 0.2) is 12.1 Å². The Hall–Kier alpha value is -1.69. The number of nitrogens with one attached hydrogen (secondary N) is 1. The summed E-state index contributed by atoms with van der Waals surface area (Å²) < 4.78 is 26.8. The van der Waals surface area contributed by atoms with E-state index in [0.29, 0.717) is 13.1 Å². The Balaban J connectivity index is 2.59. The summed E-state index contributed by atoms with van der Waals surface area (Å²) in [5.74, 6) is -2.26. The second-order valence-corrected chi connectivity index (χ2v) is 4.55. The second kappa shape index (κ2) is 7.79. The van der Waals surface area contributed by atoms with E-state index >= 15 is 0 Å². The second-order valence-electron chi connectivity index (χ2n) is 4.55. The normalized spacial score (nSPS) is 10.8. The minimum absolute atomic E-state index is 0.360. The molecular formula is C14H21F2N3O. The number of nitrogens with zero attached hydrogens (tertiary/aromatic N) is 1. The highest BCUT2D eigenvalue weighted by molar-refractivity contribution is 5.95. The van der Waals surface area contributed by atoms with Crippen LogP contribution in [-0.2, 0) is 0 Å². The summed E-state index contributed by atoms with van der Waals surface area (Å²) in [7, 11) is 0. The van der Waals surface area contributed by atoms with Crippen molar-refractivity contribution in [2.24, 2.45) is 0 Å². The van der Waals surface area contributed by atoms with Crippen molar-refractivity contribution in [2.75, 3.05) is 31.9 Å². The maximum absolute atomic E-state index is 13.6. The van der Waals surface area contributed by atoms with E-state index in [1.165, 1.54) is 0 Å². The molecule has 20 heavy (non-hydrogen) atoms. The fourth-order valence-electron chi connectivity index (χ4n) is 1.94. The lowest BCUT2D eigenvalue weighted by atomic mass is 10.1. The van der Waals surface area contributed by atoms with E-state index in [9.17, 15) is 13.6 Å². The van der Waals surface area contributed by atoms with Crippen LogP contribution in [-0.4, -0.2) is 37.0 Å². The Morgan fingerprint density at radius 3 is 2.60 bits per heavy atom. The first-order valence-corrected chi connectivity index (χ1v) is 6.74. The Bertz CT molecular complexity index is 466. The number of nitrogens with two attached hydrogens (primary N) is 1. The molecule has 0 spiro atoms. The SMILES string of the molecule is CCCN(CC)CCNC(=O)c1cc(F)cc(N)c1F. The quantitative estimate of drug-likeness (QED) is 0.753. The minimum Gasteiger partial charge on any atom is -0.396 e. The molecule has 1 amide bonds. The summed E-state index contributed by atoms with van der Waals surface area (Å²) in [6.07, 6.45) is 1.02. The minimum atomic E-state index is -0.884. The zero-order chi connectivity index (χ0) is 15.1. The molecule has 112 valence electrons. The molecule has 1 rings (SSSR count). The zero-order valence-corrected chi connectivity index (χ0v) is 11.9. The number of hydrogen-bond acceptors (Lipinski definition) is 3. The fraction of sp³-hybridized carbons (Fsp3) is 0.500. The molecule has 0 radical (unpaired) electrons. The predicted molar refractivity (Wildman–Crippen MR) is 75.5 cm³/mol. The van der Waals surface area contributed by atoms with Crippen molar-refractivity contribution < 1.29 is 13.6 Å². The van der Waals surface area contributed by atoms with Crippen LogP contribution in [0.2, 0.25) is 0 Å². The molecule has 1 aromatic rings. The van der Waals surface area contributed by atoms with Crippen molar-refractivity contribution in [3.8, 4) is 0 Å². The van der Waals surface area contributed by atoms with Gasteiger partial charge in [0.15, 0.2) is 5.82 Å². The smallest absolute Gasteiger partial charge is 0.254 e. The fourth-order valence-corrected chi connectivity index (χ4v) is 1.94. The maximum Gasteiger partial charge on any atom is 0.254 e. The van der Waals surface area contributed by atoms with Crippen LogP contribution in [0.4, 0.5) is 14.5 Å². The Labute approximate surface area is 117 Å². The Kier molecular flexibility index (Phi) is 6.38. The summed E-state index contributed by atoms with van der Waals surface area (Å²) >= 11 is 0. The van der Waals surface area contributed by atoms with Crippen LogP contribution >= 0.6 is 0 Å². The molecule has 0 aliphatic heterocycles. The molecule has 0 bridgehead atoms. The van der Waals surface area contributed by atoms with Crippen LogP contribution in [0, 0.1) is 11.6 Å². The highest BCUT2D eigenvalue weighted by atomic mass is 19.1. The molecule has 0 atom stereocenters. The summed E-state index contributed by atoms with van der Waals surface area (Å²) in [4.78, 5) is 14.0. The van der Waals surface area contributed by atoms with Gasteiger partial charge in [-0.25, -0.2) is 8.78 Å². The number of carbonyl (C=O) groups excluding carboxylic acids is 1. The van der Waals surface area contributed by atoms with Crippen LogP contribution < -0.4 is 11.1 Å². The summed E-state index contributed by atoms with van der Waals surface area (Å²) in [6.45, 7) is 6.97. The van der Waals surface area contributed by atoms with Crippen molar-refractivity contribution in [1.82, 2.24) is 10.2 Å². The molecule has 0 heterocycles. The number of benzene rings is 1. The molecule has 0 aliphatic carbocycles. The first-order valence-electron chi connectivity index (χ1n) is 6.74. The third-order valence-corrected chi connectivity index (χ3v) is 3.01. The van der Waals surface area contributed by atoms with Gasteiger partial charge in [-0.3, -0.25) is 4.79 Å². The standard InChI is InChI=1S/C14H21F2N3O/c1-3-6-19(4-2)7-5-18-14(20)11-8-10(15)9-12(17)13(11)16/h8-9H,3-7,17H2,1-2H3,(H,18,20). The number of carbonyl (C=O) groups is 1. The molecule has 0 aliphatic rings. The molecule has 4 nitrogen and oxygen atoms in total. The number of amides is 1. The lowest BCUT2D eigenvalue weighted by molar-refractivity contribution is 0.0944. The van der Waals surface area contributed by atoms with E-state index < -0.39 is 17.5 Å². The number of anilines is 1. The summed E-state index contributed by atoms with van der Waals surface area (Å²) in [5.41, 5.74) is 4.57. The summed E-state index contributed by atoms with van der Waals surface area (Å²) in [6, 6.07) is 1.71. The van der Waals surface area contributed by atoms with Crippen molar-refractivity contribution in [3.63, 3.8) is 0 Å². The lowest BCUT2D eigenvalue weighted by Crippen LogP contribution is -2.35. The Morgan fingerprint density at radius 1 is 1.30 bits per heavy atom. The van der Waals surface area contributed by atoms with E-state index in [1.54, 1.807) is 0 Å². The zero-order valence-electron chi connectivity index (χ0n) is 11.9. The molecule has 1 aromatic carbocycles. The average Bonchev–Trinajstić information content (AvgIpc) is 2.41. The van der Waals surface area contributed by atoms with Crippen molar-refractivity contribution >= 4 is 11.6 Å². The van der Waals surface area contributed by atoms with Gasteiger partial charge in [0, 0.05) is 13.1 Å². The lowest BCUT2D eigenvalue weighted by Gasteiger charge is -2.19. The maximum atomic E-state index is 13.6. The van der Waals surface area contributed by atoms with Gasteiger partial charge < -0.3 is 16.0 Å². The van der Waals surface area contributed by atoms with Gasteiger partial charge in [0.1, 0.15) is 5.82 Å². The van der Waals surface area contributed by atoms with Crippen molar-refractivity contribution in [1.29, 1.82) is 0 Å². The van der Waals surface area contributed by atoms with Gasteiger partial charge in [-0.1, -0.05) is 13.8 Å². The molecule has 0 saturated heterocycles. The number of halogens is 2. The molecular weight excluding hydrogens is 264 g/mol. The molecule has 3 N–H and O–H groups in total. The van der Waals surface area contributed by atoms with Gasteiger partial charge in [0.25, 0.3) is 5.91 Å². The van der Waals surface area contributed by atoms with Crippen LogP contribution in [0.5, 0.6) is 0 Å². The van der Waals surface area contributed by atoms with Gasteiger partial charge in [-0.05, 0) is 31.6 Å². The molecule has 0 saturated carbocycles. The summed E-state index contributed by atoms with van der Waals surface area (Å²) in [5, 5.41) is 2.57. The third-order valence-electron chi connectivity index (χ3n) is 3.01. The predicted octanol–water partition coefficient (Wildman–Crippen LogP) is 2.01. The van der Waals surface area contributed by atoms with Crippen molar-refractivity contribution in [2.45, 2.75) is 20.3 Å². The third kappa shape index (κ3) is 4.45. The van der Waals surface area contributed by atoms with Gasteiger partial charge in [0.05, 0.1) is 11.3 Å². The molecule has 6 heteroatoms. The van der Waals surface area contributed by atoms with Gasteiger partial charge in [-0.2, -0.15) is 0 Å². The van der Waals surface area contributed by atoms with E-state index in [-0.39, 0.29) is 11.3 Å². The molecule has 0 fully saturated rings. The Morgan fingerprint density at radius 2 is 2.00 bits per heavy atom. The van der Waals surface area contributed by atoms with Gasteiger partial charge in [0.2, 0.25) is 0 Å². The highest BCUT2D eigenvalue weighted by Gasteiger charge is 2.15. The van der Waals surface area contributed by atoms with E-state index in [0.717, 1.165) is 31.6 Å². The average molecular weight is 285 g/mol. The highest BCUT2D eigenvalue weighted by Crippen LogP contribution is 2.17.